The van der Waals surface area contributed by atoms with Crippen LogP contribution in [-0.2, 0) is 15.9 Å². The average Bonchev–Trinajstić information content (AvgIpc) is 2.79. The minimum atomic E-state index is -0.504. The quantitative estimate of drug-likeness (QED) is 0.785. The fourth-order valence-corrected chi connectivity index (χ4v) is 3.90. The number of likely N-dealkylation sites (tertiary alicyclic amines) is 1. The van der Waals surface area contributed by atoms with E-state index in [4.69, 9.17) is 14.2 Å². The third-order valence-corrected chi connectivity index (χ3v) is 5.30. The van der Waals surface area contributed by atoms with E-state index in [1.807, 2.05) is 6.07 Å². The van der Waals surface area contributed by atoms with Crippen molar-refractivity contribution in [1.82, 2.24) is 4.90 Å². The van der Waals surface area contributed by atoms with E-state index < -0.39 is 6.16 Å². The zero-order valence-electron chi connectivity index (χ0n) is 13.3. The molecule has 23 heavy (non-hydrogen) atoms. The molecular formula is C18H23NO4. The molecule has 0 aliphatic carbocycles. The van der Waals surface area contributed by atoms with Crippen molar-refractivity contribution in [2.24, 2.45) is 5.92 Å². The highest BCUT2D eigenvalue weighted by Crippen LogP contribution is 2.33. The maximum atomic E-state index is 11.2. The Morgan fingerprint density at radius 1 is 1.17 bits per heavy atom. The zero-order valence-corrected chi connectivity index (χ0v) is 13.3. The smallest absolute Gasteiger partial charge is 0.493 e. The molecule has 124 valence electrons. The monoisotopic (exact) mass is 317 g/mol. The van der Waals surface area contributed by atoms with Crippen molar-refractivity contribution < 1.29 is 19.0 Å². The number of nitrogens with zero attached hydrogens (tertiary/aromatic N) is 1. The van der Waals surface area contributed by atoms with E-state index in [-0.39, 0.29) is 5.60 Å². The van der Waals surface area contributed by atoms with Crippen LogP contribution in [0, 0.1) is 5.92 Å². The van der Waals surface area contributed by atoms with Gasteiger partial charge in [-0.25, -0.2) is 4.79 Å². The number of para-hydroxylation sites is 1. The van der Waals surface area contributed by atoms with Gasteiger partial charge in [0.15, 0.2) is 5.60 Å². The number of carbonyl (C=O) groups excluding carboxylic acids is 1. The number of ether oxygens (including phenoxy) is 3. The van der Waals surface area contributed by atoms with Gasteiger partial charge in [-0.2, -0.15) is 0 Å². The first-order valence-electron chi connectivity index (χ1n) is 8.51. The van der Waals surface area contributed by atoms with E-state index >= 15 is 0 Å². The number of fused-ring (bicyclic) bond motifs is 1. The van der Waals surface area contributed by atoms with E-state index in [0.29, 0.717) is 12.5 Å². The lowest BCUT2D eigenvalue weighted by Crippen LogP contribution is -2.47. The lowest BCUT2D eigenvalue weighted by atomic mass is 9.90. The topological polar surface area (TPSA) is 48.0 Å². The van der Waals surface area contributed by atoms with Gasteiger partial charge < -0.3 is 19.1 Å². The summed E-state index contributed by atoms with van der Waals surface area (Å²) in [7, 11) is 0. The largest absolute Gasteiger partial charge is 0.509 e. The Kier molecular flexibility index (Phi) is 3.89. The Hall–Kier alpha value is -1.75. The van der Waals surface area contributed by atoms with Crippen molar-refractivity contribution in [1.29, 1.82) is 0 Å². The fourth-order valence-electron chi connectivity index (χ4n) is 3.90. The second kappa shape index (κ2) is 6.04. The number of cyclic esters (lactones) is 1. The molecular weight excluding hydrogens is 294 g/mol. The summed E-state index contributed by atoms with van der Waals surface area (Å²) in [5.74, 6) is 1.66. The van der Waals surface area contributed by atoms with Crippen molar-refractivity contribution in [2.75, 3.05) is 32.8 Å². The van der Waals surface area contributed by atoms with Gasteiger partial charge in [-0.1, -0.05) is 18.2 Å². The Bertz CT molecular complexity index is 580. The highest BCUT2D eigenvalue weighted by atomic mass is 16.8. The van der Waals surface area contributed by atoms with Gasteiger partial charge in [0, 0.05) is 32.5 Å². The third-order valence-electron chi connectivity index (χ3n) is 5.30. The molecule has 0 amide bonds. The van der Waals surface area contributed by atoms with Gasteiger partial charge in [0.1, 0.15) is 12.4 Å². The van der Waals surface area contributed by atoms with Crippen LogP contribution in [0.1, 0.15) is 24.8 Å². The maximum Gasteiger partial charge on any atom is 0.509 e. The summed E-state index contributed by atoms with van der Waals surface area (Å²) >= 11 is 0. The van der Waals surface area contributed by atoms with Gasteiger partial charge in [0.2, 0.25) is 0 Å². The molecule has 5 heteroatoms. The molecule has 0 saturated carbocycles. The molecule has 0 radical (unpaired) electrons. The van der Waals surface area contributed by atoms with Crippen molar-refractivity contribution in [3.8, 4) is 5.75 Å². The Morgan fingerprint density at radius 2 is 2.00 bits per heavy atom. The van der Waals surface area contributed by atoms with Crippen LogP contribution in [-0.4, -0.2) is 49.5 Å². The lowest BCUT2D eigenvalue weighted by Gasteiger charge is -2.37. The second-order valence-corrected chi connectivity index (χ2v) is 6.94. The molecule has 1 aromatic carbocycles. The van der Waals surface area contributed by atoms with Crippen LogP contribution in [0.2, 0.25) is 0 Å². The summed E-state index contributed by atoms with van der Waals surface area (Å²) in [5.41, 5.74) is 0.967. The van der Waals surface area contributed by atoms with E-state index in [1.165, 1.54) is 5.56 Å². The van der Waals surface area contributed by atoms with Crippen LogP contribution in [0.15, 0.2) is 24.3 Å². The van der Waals surface area contributed by atoms with Crippen molar-refractivity contribution >= 4 is 6.16 Å². The average molecular weight is 317 g/mol. The summed E-state index contributed by atoms with van der Waals surface area (Å²) in [6, 6.07) is 8.36. The molecule has 3 aliphatic rings. The minimum absolute atomic E-state index is 0.354. The number of piperidine rings is 1. The summed E-state index contributed by atoms with van der Waals surface area (Å²) in [6.45, 7) is 4.24. The molecule has 3 aliphatic heterocycles. The van der Waals surface area contributed by atoms with Crippen molar-refractivity contribution in [2.45, 2.75) is 31.3 Å². The predicted molar refractivity (Wildman–Crippen MR) is 84.6 cm³/mol. The predicted octanol–water partition coefficient (Wildman–Crippen LogP) is 2.63. The molecule has 2 fully saturated rings. The minimum Gasteiger partial charge on any atom is -0.493 e. The fraction of sp³-hybridized carbons (Fsp3) is 0.611. The molecule has 1 spiro atoms. The van der Waals surface area contributed by atoms with Gasteiger partial charge in [0.25, 0.3) is 0 Å². The van der Waals surface area contributed by atoms with E-state index in [2.05, 4.69) is 23.1 Å². The van der Waals surface area contributed by atoms with Gasteiger partial charge in [-0.15, -0.1) is 0 Å². The van der Waals surface area contributed by atoms with E-state index in [9.17, 15) is 4.79 Å². The molecule has 3 heterocycles. The van der Waals surface area contributed by atoms with Gasteiger partial charge in [0.05, 0.1) is 6.61 Å². The summed E-state index contributed by atoms with van der Waals surface area (Å²) in [6.07, 6.45) is 3.41. The van der Waals surface area contributed by atoms with Crippen molar-refractivity contribution in [3.05, 3.63) is 29.8 Å². The van der Waals surface area contributed by atoms with Crippen LogP contribution < -0.4 is 4.74 Å². The Labute approximate surface area is 136 Å². The lowest BCUT2D eigenvalue weighted by molar-refractivity contribution is -0.00351. The van der Waals surface area contributed by atoms with Crippen LogP contribution >= 0.6 is 0 Å². The number of carbonyl (C=O) groups is 1. The molecule has 0 aromatic heterocycles. The number of hydrogen-bond donors (Lipinski definition) is 0. The molecule has 1 aromatic rings. The molecule has 2 saturated heterocycles. The number of benzene rings is 1. The first kappa shape index (κ1) is 14.8. The summed E-state index contributed by atoms with van der Waals surface area (Å²) in [4.78, 5) is 13.7. The van der Waals surface area contributed by atoms with Crippen LogP contribution in [0.3, 0.4) is 0 Å². The molecule has 1 atom stereocenters. The van der Waals surface area contributed by atoms with Crippen LogP contribution in [0.25, 0.3) is 0 Å². The first-order valence-corrected chi connectivity index (χ1v) is 8.51. The SMILES string of the molecule is O=C1OCC2(CCN(CC3CCOc4ccccc4C3)CC2)O1. The normalized spacial score (nSPS) is 26.8. The third kappa shape index (κ3) is 3.15. The van der Waals surface area contributed by atoms with Gasteiger partial charge in [-0.05, 0) is 30.4 Å². The standard InChI is InChI=1S/C18H23NO4/c20-17-22-13-18(23-17)6-8-19(9-7-18)12-14-5-10-21-16-4-2-1-3-15(16)11-14/h1-4,14H,5-13H2. The highest BCUT2D eigenvalue weighted by molar-refractivity contribution is 5.62. The Balaban J connectivity index is 1.34. The number of rotatable bonds is 2. The van der Waals surface area contributed by atoms with Gasteiger partial charge >= 0.3 is 6.16 Å². The summed E-state index contributed by atoms with van der Waals surface area (Å²) < 4.78 is 16.2. The molecule has 4 rings (SSSR count). The molecule has 5 nitrogen and oxygen atoms in total. The summed E-state index contributed by atoms with van der Waals surface area (Å²) in [5, 5.41) is 0. The maximum absolute atomic E-state index is 11.2. The second-order valence-electron chi connectivity index (χ2n) is 6.94. The van der Waals surface area contributed by atoms with E-state index in [0.717, 1.165) is 57.7 Å². The highest BCUT2D eigenvalue weighted by Gasteiger charge is 2.44. The number of hydrogen-bond acceptors (Lipinski definition) is 5. The van der Waals surface area contributed by atoms with Crippen LogP contribution in [0.5, 0.6) is 5.75 Å². The molecule has 0 bridgehead atoms. The van der Waals surface area contributed by atoms with Crippen LogP contribution in [0.4, 0.5) is 4.79 Å². The van der Waals surface area contributed by atoms with Gasteiger partial charge in [-0.3, -0.25) is 0 Å². The first-order chi connectivity index (χ1) is 11.2. The Morgan fingerprint density at radius 3 is 2.78 bits per heavy atom. The van der Waals surface area contributed by atoms with E-state index in [1.54, 1.807) is 0 Å². The molecule has 1 unspecified atom stereocenters. The van der Waals surface area contributed by atoms with Crippen molar-refractivity contribution in [3.63, 3.8) is 0 Å². The molecule has 0 N–H and O–H groups in total. The zero-order chi connectivity index (χ0) is 15.7.